The molecular weight excluding hydrogens is 292 g/mol. The van der Waals surface area contributed by atoms with Crippen LogP contribution < -0.4 is 4.74 Å². The van der Waals surface area contributed by atoms with E-state index >= 15 is 0 Å². The van der Waals surface area contributed by atoms with Crippen molar-refractivity contribution in [2.75, 3.05) is 12.4 Å². The Bertz CT molecular complexity index is 504. The highest BCUT2D eigenvalue weighted by Crippen LogP contribution is 2.29. The van der Waals surface area contributed by atoms with Crippen molar-refractivity contribution >= 4 is 22.5 Å². The second kappa shape index (κ2) is 7.36. The third kappa shape index (κ3) is 4.16. The average molecular weight is 316 g/mol. The molecule has 5 heteroatoms. The number of hydrogen-bond acceptors (Lipinski definition) is 4. The lowest BCUT2D eigenvalue weighted by atomic mass is 10.1. The molecule has 0 bridgehead atoms. The number of thiol groups is 1. The molecule has 3 nitrogen and oxygen atoms in total. The van der Waals surface area contributed by atoms with E-state index in [1.165, 1.54) is 0 Å². The molecule has 0 saturated heterocycles. The molecule has 0 fully saturated rings. The molecule has 1 aromatic rings. The van der Waals surface area contributed by atoms with Gasteiger partial charge in [-0.05, 0) is 56.7 Å². The van der Waals surface area contributed by atoms with Gasteiger partial charge in [0.25, 0.3) is 0 Å². The number of rotatable bonds is 8. The predicted octanol–water partition coefficient (Wildman–Crippen LogP) is 3.74. The maximum absolute atomic E-state index is 12.5. The third-order valence-corrected chi connectivity index (χ3v) is 6.12. The minimum Gasteiger partial charge on any atom is -0.494 e. The van der Waals surface area contributed by atoms with Gasteiger partial charge < -0.3 is 4.74 Å². The third-order valence-electron chi connectivity index (χ3n) is 3.34. The van der Waals surface area contributed by atoms with Gasteiger partial charge in [0.1, 0.15) is 5.75 Å². The Balaban J connectivity index is 2.87. The van der Waals surface area contributed by atoms with Crippen LogP contribution in [0.3, 0.4) is 0 Å². The van der Waals surface area contributed by atoms with Gasteiger partial charge in [0, 0.05) is 0 Å². The number of sulfone groups is 1. The molecule has 0 unspecified atom stereocenters. The summed E-state index contributed by atoms with van der Waals surface area (Å²) >= 11 is 4.14. The van der Waals surface area contributed by atoms with Crippen molar-refractivity contribution < 1.29 is 13.2 Å². The highest BCUT2D eigenvalue weighted by molar-refractivity contribution is 7.92. The first-order chi connectivity index (χ1) is 9.35. The molecule has 0 aliphatic rings. The van der Waals surface area contributed by atoms with Crippen molar-refractivity contribution in [3.8, 4) is 5.75 Å². The van der Waals surface area contributed by atoms with Gasteiger partial charge in [0.2, 0.25) is 0 Å². The Morgan fingerprint density at radius 2 is 1.80 bits per heavy atom. The van der Waals surface area contributed by atoms with Crippen LogP contribution >= 0.6 is 12.6 Å². The van der Waals surface area contributed by atoms with Crippen LogP contribution in [0.4, 0.5) is 0 Å². The van der Waals surface area contributed by atoms with Crippen molar-refractivity contribution in [1.29, 1.82) is 0 Å². The van der Waals surface area contributed by atoms with Crippen LogP contribution in [-0.2, 0) is 9.84 Å². The lowest BCUT2D eigenvalue weighted by Crippen LogP contribution is -2.32. The Morgan fingerprint density at radius 3 is 2.30 bits per heavy atom. The largest absolute Gasteiger partial charge is 0.494 e. The van der Waals surface area contributed by atoms with E-state index in [1.807, 2.05) is 0 Å². The molecule has 0 heterocycles. The number of unbranched alkanes of at least 4 members (excludes halogenated alkanes) is 1. The summed E-state index contributed by atoms with van der Waals surface area (Å²) in [5, 5.41) is 0. The van der Waals surface area contributed by atoms with Crippen molar-refractivity contribution in [3.05, 3.63) is 24.3 Å². The molecule has 0 spiro atoms. The molecule has 0 aliphatic carbocycles. The minimum absolute atomic E-state index is 0.340. The normalized spacial score (nSPS) is 12.4. The quantitative estimate of drug-likeness (QED) is 0.587. The van der Waals surface area contributed by atoms with Gasteiger partial charge in [-0.1, -0.05) is 13.3 Å². The molecule has 0 atom stereocenters. The summed E-state index contributed by atoms with van der Waals surface area (Å²) in [6.07, 6.45) is 2.59. The minimum atomic E-state index is -3.35. The van der Waals surface area contributed by atoms with Crippen LogP contribution in [0.25, 0.3) is 0 Å². The summed E-state index contributed by atoms with van der Waals surface area (Å²) in [6, 6.07) is 6.69. The summed E-state index contributed by atoms with van der Waals surface area (Å²) in [7, 11) is -3.35. The van der Waals surface area contributed by atoms with Crippen molar-refractivity contribution in [2.45, 2.75) is 49.7 Å². The van der Waals surface area contributed by atoms with Gasteiger partial charge in [-0.15, -0.1) is 0 Å². The van der Waals surface area contributed by atoms with E-state index in [-0.39, 0.29) is 0 Å². The summed E-state index contributed by atoms with van der Waals surface area (Å²) in [4.78, 5) is 0.340. The fourth-order valence-corrected chi connectivity index (χ4v) is 3.99. The first-order valence-corrected chi connectivity index (χ1v) is 9.05. The topological polar surface area (TPSA) is 43.4 Å². The molecule has 0 saturated carbocycles. The molecule has 1 rings (SSSR count). The molecule has 114 valence electrons. The Hall–Kier alpha value is -0.680. The van der Waals surface area contributed by atoms with Gasteiger partial charge >= 0.3 is 0 Å². The van der Waals surface area contributed by atoms with Crippen LogP contribution in [0, 0.1) is 0 Å². The number of ether oxygens (including phenoxy) is 1. The van der Waals surface area contributed by atoms with E-state index in [2.05, 4.69) is 19.6 Å². The standard InChI is InChI=1S/C15H24O3S2/c1-4-5-11-18-13-6-8-14(9-7-13)20(16,17)15(2,3)10-12-19/h6-9,19H,4-5,10-12H2,1-3H3. The fraction of sp³-hybridized carbons (Fsp3) is 0.600. The Morgan fingerprint density at radius 1 is 1.20 bits per heavy atom. The zero-order valence-corrected chi connectivity index (χ0v) is 14.1. The average Bonchev–Trinajstić information content (AvgIpc) is 2.39. The monoisotopic (exact) mass is 316 g/mol. The lowest BCUT2D eigenvalue weighted by Gasteiger charge is -2.24. The zero-order chi connectivity index (χ0) is 15.2. The maximum atomic E-state index is 12.5. The van der Waals surface area contributed by atoms with Crippen molar-refractivity contribution in [3.63, 3.8) is 0 Å². The Labute approximate surface area is 128 Å². The SMILES string of the molecule is CCCCOc1ccc(S(=O)(=O)C(C)(C)CCS)cc1. The highest BCUT2D eigenvalue weighted by atomic mass is 32.2. The molecule has 0 amide bonds. The van der Waals surface area contributed by atoms with Gasteiger partial charge in [-0.3, -0.25) is 0 Å². The van der Waals surface area contributed by atoms with Crippen LogP contribution in [0.5, 0.6) is 5.75 Å². The van der Waals surface area contributed by atoms with E-state index < -0.39 is 14.6 Å². The zero-order valence-electron chi connectivity index (χ0n) is 12.4. The Kier molecular flexibility index (Phi) is 6.40. The van der Waals surface area contributed by atoms with Gasteiger partial charge in [0.05, 0.1) is 16.2 Å². The van der Waals surface area contributed by atoms with Gasteiger partial charge in [-0.25, -0.2) is 8.42 Å². The molecule has 0 aromatic heterocycles. The summed E-state index contributed by atoms with van der Waals surface area (Å²) < 4.78 is 29.8. The second-order valence-electron chi connectivity index (χ2n) is 5.41. The van der Waals surface area contributed by atoms with Crippen LogP contribution in [0.2, 0.25) is 0 Å². The molecule has 0 aliphatic heterocycles. The molecule has 0 radical (unpaired) electrons. The summed E-state index contributed by atoms with van der Waals surface area (Å²) in [6.45, 7) is 6.24. The van der Waals surface area contributed by atoms with Crippen molar-refractivity contribution in [2.24, 2.45) is 0 Å². The molecule has 1 aromatic carbocycles. The first kappa shape index (κ1) is 17.4. The van der Waals surface area contributed by atoms with Crippen LogP contribution in [0.15, 0.2) is 29.2 Å². The molecule has 0 N–H and O–H groups in total. The second-order valence-corrected chi connectivity index (χ2v) is 8.44. The van der Waals surface area contributed by atoms with Crippen LogP contribution in [0.1, 0.15) is 40.0 Å². The lowest BCUT2D eigenvalue weighted by molar-refractivity contribution is 0.309. The van der Waals surface area contributed by atoms with Gasteiger partial charge in [0.15, 0.2) is 9.84 Å². The predicted molar refractivity (Wildman–Crippen MR) is 86.6 cm³/mol. The van der Waals surface area contributed by atoms with E-state index in [0.717, 1.165) is 12.8 Å². The van der Waals surface area contributed by atoms with E-state index in [0.29, 0.717) is 29.4 Å². The highest BCUT2D eigenvalue weighted by Gasteiger charge is 2.34. The van der Waals surface area contributed by atoms with E-state index in [9.17, 15) is 8.42 Å². The fourth-order valence-electron chi connectivity index (χ4n) is 1.77. The van der Waals surface area contributed by atoms with E-state index in [1.54, 1.807) is 38.1 Å². The van der Waals surface area contributed by atoms with E-state index in [4.69, 9.17) is 4.74 Å². The summed E-state index contributed by atoms with van der Waals surface area (Å²) in [5.41, 5.74) is 0. The summed E-state index contributed by atoms with van der Waals surface area (Å²) in [5.74, 6) is 1.26. The maximum Gasteiger partial charge on any atom is 0.183 e. The van der Waals surface area contributed by atoms with Crippen molar-refractivity contribution in [1.82, 2.24) is 0 Å². The van der Waals surface area contributed by atoms with Crippen LogP contribution in [-0.4, -0.2) is 25.5 Å². The number of benzene rings is 1. The molecular formula is C15H24O3S2. The smallest absolute Gasteiger partial charge is 0.183 e. The van der Waals surface area contributed by atoms with Gasteiger partial charge in [-0.2, -0.15) is 12.6 Å². The number of hydrogen-bond donors (Lipinski definition) is 1. The molecule has 20 heavy (non-hydrogen) atoms. The first-order valence-electron chi connectivity index (χ1n) is 6.93.